The van der Waals surface area contributed by atoms with Crippen LogP contribution in [0.25, 0.3) is 10.4 Å². The van der Waals surface area contributed by atoms with Crippen LogP contribution >= 0.6 is 0 Å². The zero-order valence-electron chi connectivity index (χ0n) is 40.5. The minimum absolute atomic E-state index is 0.0502. The molecular weight excluding hydrogens is 915 g/mol. The van der Waals surface area contributed by atoms with Crippen molar-refractivity contribution in [3.8, 4) is 0 Å². The van der Waals surface area contributed by atoms with Crippen molar-refractivity contribution in [2.24, 2.45) is 11.0 Å². The van der Waals surface area contributed by atoms with Gasteiger partial charge >= 0.3 is 11.9 Å². The summed E-state index contributed by atoms with van der Waals surface area (Å²) in [5.41, 5.74) is 11.1. The molecule has 4 atom stereocenters. The number of carbonyl (C=O) groups is 7. The number of hydrogen-bond acceptors (Lipinski definition) is 13. The standard InChI is InChI=1S/C50H65N11O10/c1-4-23-52-47(65)42(30-45(63)70-33-37-17-10-6-11-18-37)56-50(68)43(31-46(64)71-34-38-19-12-7-13-20-38)57-49(67)41(29-36-15-8-5-9-16-36)55-48(66)40(28-35(2)3)54-44(62)22-14-21-39-32-61(60-58-39)25-27-69-26-24-53-59-51/h5-13,15-20,32,35,40-43H,4,14,21-31,33-34H2,1-3H3,(H,52,65)(H,54,62)(H,55,66)(H,56,68)(H,57,67)/t40-,41+,42+,43-/m1/s1. The van der Waals surface area contributed by atoms with Gasteiger partial charge in [-0.15, -0.1) is 5.10 Å². The summed E-state index contributed by atoms with van der Waals surface area (Å²) in [6, 6.07) is 21.0. The molecule has 71 heavy (non-hydrogen) atoms. The van der Waals surface area contributed by atoms with Crippen LogP contribution in [0.1, 0.15) is 81.7 Å². The van der Waals surface area contributed by atoms with Crippen molar-refractivity contribution in [1.82, 2.24) is 41.6 Å². The van der Waals surface area contributed by atoms with E-state index in [1.165, 1.54) is 0 Å². The van der Waals surface area contributed by atoms with E-state index in [1.54, 1.807) is 95.8 Å². The van der Waals surface area contributed by atoms with Crippen molar-refractivity contribution in [2.75, 3.05) is 26.3 Å². The third-order valence-electron chi connectivity index (χ3n) is 10.6. The molecule has 1 heterocycles. The Morgan fingerprint density at radius 1 is 0.690 bits per heavy atom. The molecule has 3 aromatic carbocycles. The summed E-state index contributed by atoms with van der Waals surface area (Å²) in [7, 11) is 0. The number of azide groups is 1. The molecule has 21 nitrogen and oxygen atoms in total. The number of aryl methyl sites for hydroxylation is 1. The molecule has 21 heteroatoms. The molecule has 4 aromatic rings. The van der Waals surface area contributed by atoms with Crippen LogP contribution in [-0.4, -0.2) is 107 Å². The van der Waals surface area contributed by atoms with E-state index >= 15 is 0 Å². The van der Waals surface area contributed by atoms with Gasteiger partial charge < -0.3 is 40.8 Å². The second-order valence-electron chi connectivity index (χ2n) is 17.0. The van der Waals surface area contributed by atoms with E-state index in [1.807, 2.05) is 26.8 Å². The molecule has 0 aliphatic rings. The summed E-state index contributed by atoms with van der Waals surface area (Å²) in [5, 5.41) is 25.1. The Hall–Kier alpha value is -7.64. The number of carbonyl (C=O) groups excluding carboxylic acids is 7. The molecule has 380 valence electrons. The first kappa shape index (κ1) is 56.0. The number of benzene rings is 3. The highest BCUT2D eigenvalue weighted by Crippen LogP contribution is 2.12. The topological polar surface area (TPSA) is 287 Å². The fraction of sp³-hybridized carbons (Fsp3) is 0.460. The van der Waals surface area contributed by atoms with E-state index in [0.717, 1.165) is 0 Å². The monoisotopic (exact) mass is 979 g/mol. The Morgan fingerprint density at radius 3 is 1.79 bits per heavy atom. The van der Waals surface area contributed by atoms with Gasteiger partial charge in [-0.3, -0.25) is 33.6 Å². The Labute approximate surface area is 413 Å². The predicted molar refractivity (Wildman–Crippen MR) is 260 cm³/mol. The SMILES string of the molecule is CCCNC(=O)[C@H](CC(=O)OCc1ccccc1)NC(=O)[C@@H](CC(=O)OCc1ccccc1)NC(=O)[C@H](Cc1ccccc1)NC(=O)[C@@H](CC(C)C)NC(=O)CCCc1cn(CCOCCN=[N+]=[N-])nn1. The largest absolute Gasteiger partial charge is 0.461 e. The van der Waals surface area contributed by atoms with Crippen LogP contribution in [0.15, 0.2) is 102 Å². The van der Waals surface area contributed by atoms with Crippen LogP contribution in [-0.2, 0) is 80.4 Å². The van der Waals surface area contributed by atoms with Crippen LogP contribution in [0.5, 0.6) is 0 Å². The molecular formula is C50H65N11O10. The van der Waals surface area contributed by atoms with Gasteiger partial charge in [0.1, 0.15) is 37.4 Å². The van der Waals surface area contributed by atoms with Crippen LogP contribution in [0.3, 0.4) is 0 Å². The minimum Gasteiger partial charge on any atom is -0.461 e. The molecule has 0 fully saturated rings. The fourth-order valence-electron chi connectivity index (χ4n) is 6.97. The Bertz CT molecular complexity index is 2350. The number of nitrogens with one attached hydrogen (secondary N) is 5. The molecule has 0 aliphatic heterocycles. The lowest BCUT2D eigenvalue weighted by Gasteiger charge is -2.27. The normalized spacial score (nSPS) is 12.5. The van der Waals surface area contributed by atoms with Gasteiger partial charge in [-0.05, 0) is 53.8 Å². The summed E-state index contributed by atoms with van der Waals surface area (Å²) in [5.74, 6) is -5.28. The zero-order chi connectivity index (χ0) is 51.2. The first-order valence-electron chi connectivity index (χ1n) is 23.7. The van der Waals surface area contributed by atoms with Crippen LogP contribution in [0.4, 0.5) is 0 Å². The molecule has 0 saturated heterocycles. The van der Waals surface area contributed by atoms with E-state index in [4.69, 9.17) is 19.7 Å². The highest BCUT2D eigenvalue weighted by Gasteiger charge is 2.34. The van der Waals surface area contributed by atoms with Gasteiger partial charge in [-0.1, -0.05) is 122 Å². The summed E-state index contributed by atoms with van der Waals surface area (Å²) < 4.78 is 17.9. The smallest absolute Gasteiger partial charge is 0.308 e. The average molecular weight is 980 g/mol. The van der Waals surface area contributed by atoms with Crippen LogP contribution < -0.4 is 26.6 Å². The van der Waals surface area contributed by atoms with Gasteiger partial charge in [0.15, 0.2) is 0 Å². The lowest BCUT2D eigenvalue weighted by molar-refractivity contribution is -0.149. The van der Waals surface area contributed by atoms with E-state index in [9.17, 15) is 33.6 Å². The number of aromatic nitrogens is 3. The Kier molecular flexibility index (Phi) is 24.8. The maximum atomic E-state index is 14.4. The van der Waals surface area contributed by atoms with Crippen LogP contribution in [0, 0.1) is 5.92 Å². The van der Waals surface area contributed by atoms with Gasteiger partial charge in [-0.25, -0.2) is 4.68 Å². The molecule has 1 aromatic heterocycles. The summed E-state index contributed by atoms with van der Waals surface area (Å²) in [4.78, 5) is 98.7. The van der Waals surface area contributed by atoms with Crippen LogP contribution in [0.2, 0.25) is 0 Å². The number of esters is 2. The molecule has 0 spiro atoms. The molecule has 5 N–H and O–H groups in total. The molecule has 4 rings (SSSR count). The second kappa shape index (κ2) is 31.5. The maximum Gasteiger partial charge on any atom is 0.308 e. The third-order valence-corrected chi connectivity index (χ3v) is 10.6. The maximum absolute atomic E-state index is 14.4. The number of rotatable bonds is 32. The van der Waals surface area contributed by atoms with Crippen molar-refractivity contribution in [1.29, 1.82) is 0 Å². The lowest BCUT2D eigenvalue weighted by atomic mass is 10.0. The predicted octanol–water partition coefficient (Wildman–Crippen LogP) is 3.95. The number of ether oxygens (including phenoxy) is 3. The van der Waals surface area contributed by atoms with Crippen molar-refractivity contribution < 1.29 is 47.8 Å². The number of amides is 5. The highest BCUT2D eigenvalue weighted by atomic mass is 16.5. The fourth-order valence-corrected chi connectivity index (χ4v) is 6.97. The van der Waals surface area contributed by atoms with E-state index in [2.05, 4.69) is 46.9 Å². The van der Waals surface area contributed by atoms with E-state index in [0.29, 0.717) is 54.8 Å². The molecule has 0 aliphatic carbocycles. The molecule has 0 unspecified atom stereocenters. The second-order valence-corrected chi connectivity index (χ2v) is 17.0. The van der Waals surface area contributed by atoms with Crippen molar-refractivity contribution in [2.45, 2.75) is 116 Å². The van der Waals surface area contributed by atoms with E-state index < -0.39 is 78.5 Å². The highest BCUT2D eigenvalue weighted by molar-refractivity contribution is 5.97. The van der Waals surface area contributed by atoms with Gasteiger partial charge in [0.2, 0.25) is 29.5 Å². The summed E-state index contributed by atoms with van der Waals surface area (Å²) >= 11 is 0. The van der Waals surface area contributed by atoms with Gasteiger partial charge in [0.25, 0.3) is 0 Å². The van der Waals surface area contributed by atoms with Gasteiger partial charge in [0, 0.05) is 37.0 Å². The van der Waals surface area contributed by atoms with Gasteiger partial charge in [-0.2, -0.15) is 0 Å². The minimum atomic E-state index is -1.65. The van der Waals surface area contributed by atoms with E-state index in [-0.39, 0.29) is 58.1 Å². The Balaban J connectivity index is 1.49. The lowest BCUT2D eigenvalue weighted by Crippen LogP contribution is -2.59. The molecule has 0 radical (unpaired) electrons. The summed E-state index contributed by atoms with van der Waals surface area (Å²) in [6.45, 7) is 6.90. The van der Waals surface area contributed by atoms with Crippen molar-refractivity contribution >= 4 is 41.5 Å². The Morgan fingerprint density at radius 2 is 1.23 bits per heavy atom. The molecule has 5 amide bonds. The van der Waals surface area contributed by atoms with Crippen molar-refractivity contribution in [3.05, 3.63) is 130 Å². The number of hydrogen-bond donors (Lipinski definition) is 5. The molecule has 0 bridgehead atoms. The number of nitrogens with zero attached hydrogens (tertiary/aromatic N) is 6. The average Bonchev–Trinajstić information content (AvgIpc) is 3.82. The van der Waals surface area contributed by atoms with Crippen molar-refractivity contribution in [3.63, 3.8) is 0 Å². The quantitative estimate of drug-likeness (QED) is 0.0153. The molecule has 0 saturated carbocycles. The first-order valence-corrected chi connectivity index (χ1v) is 23.7. The first-order chi connectivity index (χ1) is 34.3. The summed E-state index contributed by atoms with van der Waals surface area (Å²) in [6.07, 6.45) is 2.12. The third kappa shape index (κ3) is 22.1. The van der Waals surface area contributed by atoms with Gasteiger partial charge in [0.05, 0.1) is 38.3 Å². The zero-order valence-corrected chi connectivity index (χ0v) is 40.5.